The summed E-state index contributed by atoms with van der Waals surface area (Å²) in [6, 6.07) is 4.16. The summed E-state index contributed by atoms with van der Waals surface area (Å²) in [5.74, 6) is -1.24. The summed E-state index contributed by atoms with van der Waals surface area (Å²) in [6.45, 7) is -0.131. The molecule has 1 fully saturated rings. The molecule has 0 aliphatic carbocycles. The number of carbonyl (C=O) groups is 2. The summed E-state index contributed by atoms with van der Waals surface area (Å²) in [6.07, 6.45) is -2.95. The van der Waals surface area contributed by atoms with E-state index in [9.17, 15) is 27.2 Å². The molecule has 3 rings (SSSR count). The van der Waals surface area contributed by atoms with Crippen molar-refractivity contribution in [3.63, 3.8) is 0 Å². The van der Waals surface area contributed by atoms with Crippen LogP contribution in [0.4, 0.5) is 17.6 Å². The average Bonchev–Trinajstić information content (AvgIpc) is 3.23. The molecule has 0 saturated carbocycles. The van der Waals surface area contributed by atoms with E-state index < -0.39 is 28.8 Å². The number of rotatable bonds is 7. The molecule has 0 spiro atoms. The number of hydrogen-bond acceptors (Lipinski definition) is 5. The first-order chi connectivity index (χ1) is 15.4. The van der Waals surface area contributed by atoms with Crippen LogP contribution in [0.25, 0.3) is 0 Å². The summed E-state index contributed by atoms with van der Waals surface area (Å²) in [7, 11) is 0.589. The van der Waals surface area contributed by atoms with E-state index in [1.807, 2.05) is 0 Å². The van der Waals surface area contributed by atoms with Gasteiger partial charge in [0.15, 0.2) is 6.61 Å². The van der Waals surface area contributed by atoms with Gasteiger partial charge in [-0.15, -0.1) is 0 Å². The van der Waals surface area contributed by atoms with Crippen LogP contribution in [-0.4, -0.2) is 46.4 Å². The van der Waals surface area contributed by atoms with E-state index in [-0.39, 0.29) is 41.5 Å². The fourth-order valence-electron chi connectivity index (χ4n) is 3.34. The van der Waals surface area contributed by atoms with Crippen LogP contribution in [-0.2, 0) is 22.3 Å². The number of amides is 2. The highest BCUT2D eigenvalue weighted by atomic mass is 35.5. The minimum atomic E-state index is -4.51. The smallest absolute Gasteiger partial charge is 0.419 e. The van der Waals surface area contributed by atoms with Crippen molar-refractivity contribution in [1.82, 2.24) is 16.0 Å². The Balaban J connectivity index is 1.42. The van der Waals surface area contributed by atoms with Gasteiger partial charge in [0.2, 0.25) is 5.91 Å². The normalized spacial score (nSPS) is 20.9. The maximum absolute atomic E-state index is 13.4. The lowest BCUT2D eigenvalue weighted by Crippen LogP contribution is -2.63. The van der Waals surface area contributed by atoms with Crippen molar-refractivity contribution < 1.29 is 36.3 Å². The number of nitrogens with one attached hydrogen (secondary N) is 3. The Kier molecular flexibility index (Phi) is 7.70. The Morgan fingerprint density at radius 2 is 2.09 bits per heavy atom. The van der Waals surface area contributed by atoms with Crippen molar-refractivity contribution in [3.05, 3.63) is 52.7 Å². The van der Waals surface area contributed by atoms with Crippen molar-refractivity contribution in [1.29, 1.82) is 0 Å². The molecule has 0 radical (unpaired) electrons. The molecular weight excluding hydrogens is 486 g/mol. The Labute approximate surface area is 194 Å². The van der Waals surface area contributed by atoms with Gasteiger partial charge < -0.3 is 25.1 Å². The van der Waals surface area contributed by atoms with Crippen LogP contribution in [0.1, 0.15) is 24.2 Å². The van der Waals surface area contributed by atoms with Crippen LogP contribution in [0, 0.1) is 5.82 Å². The number of hydrogen-bond donors (Lipinski definition) is 3. The molecule has 2 heterocycles. The molecule has 0 bridgehead atoms. The van der Waals surface area contributed by atoms with Crippen LogP contribution in [0.5, 0.6) is 5.75 Å². The van der Waals surface area contributed by atoms with Gasteiger partial charge >= 0.3 is 6.18 Å². The molecule has 2 aromatic rings. The predicted molar refractivity (Wildman–Crippen MR) is 114 cm³/mol. The van der Waals surface area contributed by atoms with Crippen molar-refractivity contribution in [2.75, 3.05) is 13.2 Å². The summed E-state index contributed by atoms with van der Waals surface area (Å²) < 4.78 is 61.4. The fraction of sp³-hybridized carbons (Fsp3) is 0.400. The predicted octanol–water partition coefficient (Wildman–Crippen LogP) is 1.72. The molecule has 7 nitrogen and oxygen atoms in total. The van der Waals surface area contributed by atoms with Gasteiger partial charge in [-0.05, 0) is 31.0 Å². The Hall–Kier alpha value is -2.57. The van der Waals surface area contributed by atoms with Gasteiger partial charge in [-0.3, -0.25) is 9.59 Å². The van der Waals surface area contributed by atoms with Crippen molar-refractivity contribution in [2.24, 2.45) is 0 Å². The first kappa shape index (κ1) is 25.1. The largest absolute Gasteiger partial charge is 0.484 e. The van der Waals surface area contributed by atoms with Crippen LogP contribution < -0.4 is 20.7 Å². The van der Waals surface area contributed by atoms with Crippen LogP contribution in [0.2, 0.25) is 5.02 Å². The molecule has 2 atom stereocenters. The SMILES string of the molecule is O=C(COc1ccc(Cl)c(F)c1)N[C@]1([SiH3])CC[C@H](C(=O)NCc2cc(C(F)(F)F)co2)NC1. The molecule has 1 aliphatic heterocycles. The zero-order valence-electron chi connectivity index (χ0n) is 17.5. The molecule has 2 amide bonds. The third-order valence-corrected chi connectivity index (χ3v) is 6.57. The number of furan rings is 1. The highest BCUT2D eigenvalue weighted by molar-refractivity contribution is 6.30. The second-order valence-corrected chi connectivity index (χ2v) is 10.3. The highest BCUT2D eigenvalue weighted by Crippen LogP contribution is 2.30. The number of alkyl halides is 3. The summed E-state index contributed by atoms with van der Waals surface area (Å²) in [5.41, 5.74) is -0.913. The monoisotopic (exact) mass is 507 g/mol. The highest BCUT2D eigenvalue weighted by Gasteiger charge is 2.35. The second-order valence-electron chi connectivity index (χ2n) is 7.96. The van der Waals surface area contributed by atoms with Gasteiger partial charge in [0.1, 0.15) is 23.6 Å². The summed E-state index contributed by atoms with van der Waals surface area (Å²) in [4.78, 5) is 24.6. The quantitative estimate of drug-likeness (QED) is 0.392. The van der Waals surface area contributed by atoms with E-state index in [0.29, 0.717) is 35.9 Å². The summed E-state index contributed by atoms with van der Waals surface area (Å²) >= 11 is 5.61. The standard InChI is InChI=1S/C20H22ClF4N3O4Si/c21-14-2-1-12(6-15(14)22)32-9-17(29)28-19(33)4-3-16(27-10-19)18(30)26-7-13-5-11(8-31-13)20(23,24)25/h1-2,5-6,8,16,27H,3-4,7,9-10H2,33H3,(H,26,30)(H,28,29)/t16-,19+/m1/s1. The van der Waals surface area contributed by atoms with E-state index in [0.717, 1.165) is 12.1 Å². The van der Waals surface area contributed by atoms with Gasteiger partial charge in [0.25, 0.3) is 5.91 Å². The van der Waals surface area contributed by atoms with Crippen LogP contribution in [0.3, 0.4) is 0 Å². The van der Waals surface area contributed by atoms with E-state index in [4.69, 9.17) is 20.8 Å². The lowest BCUT2D eigenvalue weighted by Gasteiger charge is -2.38. The lowest BCUT2D eigenvalue weighted by atomic mass is 9.99. The van der Waals surface area contributed by atoms with Gasteiger partial charge in [0.05, 0.1) is 23.2 Å². The number of benzene rings is 1. The Morgan fingerprint density at radius 1 is 1.33 bits per heavy atom. The zero-order chi connectivity index (χ0) is 24.2. The third-order valence-electron chi connectivity index (χ3n) is 5.16. The van der Waals surface area contributed by atoms with Crippen molar-refractivity contribution in [2.45, 2.75) is 36.8 Å². The summed E-state index contributed by atoms with van der Waals surface area (Å²) in [5, 5.41) is 7.94. The molecule has 1 saturated heterocycles. The van der Waals surface area contributed by atoms with Crippen molar-refractivity contribution in [3.8, 4) is 5.75 Å². The molecule has 1 aromatic carbocycles. The first-order valence-electron chi connectivity index (χ1n) is 10.00. The lowest BCUT2D eigenvalue weighted by molar-refractivity contribution is -0.138. The number of ether oxygens (including phenoxy) is 1. The molecule has 1 aromatic heterocycles. The topological polar surface area (TPSA) is 92.6 Å². The number of piperidine rings is 1. The van der Waals surface area contributed by atoms with E-state index in [1.165, 1.54) is 12.1 Å². The van der Waals surface area contributed by atoms with Crippen molar-refractivity contribution >= 4 is 33.7 Å². The molecule has 13 heteroatoms. The minimum absolute atomic E-state index is 0.00318. The maximum Gasteiger partial charge on any atom is 0.419 e. The van der Waals surface area contributed by atoms with Gasteiger partial charge in [0, 0.05) is 28.0 Å². The molecular formula is C20H22ClF4N3O4Si. The van der Waals surface area contributed by atoms with Crippen LogP contribution in [0.15, 0.2) is 34.9 Å². The first-order valence-corrected chi connectivity index (χ1v) is 11.4. The van der Waals surface area contributed by atoms with Gasteiger partial charge in [-0.1, -0.05) is 11.6 Å². The Morgan fingerprint density at radius 3 is 2.70 bits per heavy atom. The van der Waals surface area contributed by atoms with E-state index in [2.05, 4.69) is 16.0 Å². The molecule has 1 aliphatic rings. The van der Waals surface area contributed by atoms with Crippen LogP contribution >= 0.6 is 11.6 Å². The molecule has 0 unspecified atom stereocenters. The third kappa shape index (κ3) is 6.95. The fourth-order valence-corrected chi connectivity index (χ4v) is 4.23. The zero-order valence-corrected chi connectivity index (χ0v) is 20.3. The Bertz CT molecular complexity index is 1010. The molecule has 33 heavy (non-hydrogen) atoms. The van der Waals surface area contributed by atoms with Gasteiger partial charge in [-0.2, -0.15) is 13.2 Å². The maximum atomic E-state index is 13.4. The van der Waals surface area contributed by atoms with Gasteiger partial charge in [-0.25, -0.2) is 4.39 Å². The molecule has 3 N–H and O–H groups in total. The molecule has 180 valence electrons. The van der Waals surface area contributed by atoms with E-state index in [1.54, 1.807) is 0 Å². The van der Waals surface area contributed by atoms with E-state index >= 15 is 0 Å². The minimum Gasteiger partial charge on any atom is -0.484 e. The number of halogens is 5. The number of carbonyl (C=O) groups excluding carboxylic acids is 2. The second kappa shape index (κ2) is 10.1. The average molecular weight is 508 g/mol.